The number of ketones is 1. The van der Waals surface area contributed by atoms with Crippen molar-refractivity contribution in [3.05, 3.63) is 82.4 Å². The summed E-state index contributed by atoms with van der Waals surface area (Å²) >= 11 is 0. The van der Waals surface area contributed by atoms with Crippen LogP contribution >= 0.6 is 0 Å². The summed E-state index contributed by atoms with van der Waals surface area (Å²) in [6.45, 7) is 1.71. The molecule has 0 aromatic heterocycles. The Morgan fingerprint density at radius 3 is 2.42 bits per heavy atom. The van der Waals surface area contributed by atoms with Crippen LogP contribution in [0.4, 0.5) is 4.39 Å². The molecule has 0 radical (unpaired) electrons. The van der Waals surface area contributed by atoms with Crippen LogP contribution in [0.3, 0.4) is 0 Å². The second-order valence-electron chi connectivity index (χ2n) is 8.51. The van der Waals surface area contributed by atoms with E-state index in [4.69, 9.17) is 23.7 Å². The lowest BCUT2D eigenvalue weighted by Gasteiger charge is -2.29. The zero-order chi connectivity index (χ0) is 25.2. The summed E-state index contributed by atoms with van der Waals surface area (Å²) < 4.78 is 41.5. The molecule has 5 rings (SSSR count). The van der Waals surface area contributed by atoms with Gasteiger partial charge in [-0.3, -0.25) is 9.69 Å². The van der Waals surface area contributed by atoms with Gasteiger partial charge < -0.3 is 23.7 Å². The van der Waals surface area contributed by atoms with E-state index in [1.54, 1.807) is 57.7 Å². The quantitative estimate of drug-likeness (QED) is 0.437. The summed E-state index contributed by atoms with van der Waals surface area (Å²) in [5.41, 5.74) is 2.98. The number of carbonyl (C=O) groups excluding carboxylic acids is 1. The van der Waals surface area contributed by atoms with E-state index < -0.39 is 0 Å². The molecule has 0 unspecified atom stereocenters. The summed E-state index contributed by atoms with van der Waals surface area (Å²) in [7, 11) is 4.63. The van der Waals surface area contributed by atoms with Crippen LogP contribution in [0.15, 0.2) is 54.3 Å². The number of rotatable bonds is 7. The summed E-state index contributed by atoms with van der Waals surface area (Å²) in [5, 5.41) is 0. The minimum absolute atomic E-state index is 0.187. The number of fused-ring (bicyclic) bond motifs is 3. The lowest BCUT2D eigenvalue weighted by Crippen LogP contribution is -2.33. The molecule has 0 amide bonds. The molecule has 2 heterocycles. The predicted molar refractivity (Wildman–Crippen MR) is 131 cm³/mol. The molecule has 0 N–H and O–H groups in total. The van der Waals surface area contributed by atoms with Crippen molar-refractivity contribution in [2.75, 3.05) is 34.6 Å². The Morgan fingerprint density at radius 2 is 1.69 bits per heavy atom. The molecule has 3 aromatic carbocycles. The van der Waals surface area contributed by atoms with Gasteiger partial charge in [0.15, 0.2) is 17.3 Å². The van der Waals surface area contributed by atoms with Crippen LogP contribution in [0.25, 0.3) is 6.08 Å². The fourth-order valence-electron chi connectivity index (χ4n) is 4.39. The Morgan fingerprint density at radius 1 is 0.972 bits per heavy atom. The van der Waals surface area contributed by atoms with Gasteiger partial charge in [-0.25, -0.2) is 4.39 Å². The molecule has 0 aliphatic carbocycles. The molecule has 0 bridgehead atoms. The fourth-order valence-corrected chi connectivity index (χ4v) is 4.39. The standard InChI is InChI=1S/C28H26FNO6/c1-32-23-14-25(34-3)24(33-2)12-18(23)13-26-27(31)20-8-9-22-21(28(20)36-26)15-30(16-35-22)11-10-17-4-6-19(29)7-5-17/h4-9,12-14H,10-11,15-16H2,1-3H3/b26-13-. The first-order valence-corrected chi connectivity index (χ1v) is 11.5. The van der Waals surface area contributed by atoms with Gasteiger partial charge in [-0.2, -0.15) is 0 Å². The minimum atomic E-state index is -0.249. The van der Waals surface area contributed by atoms with Gasteiger partial charge in [0.1, 0.15) is 29.8 Å². The third-order valence-corrected chi connectivity index (χ3v) is 6.33. The Balaban J connectivity index is 1.39. The molecule has 2 aliphatic heterocycles. The highest BCUT2D eigenvalue weighted by molar-refractivity contribution is 6.15. The van der Waals surface area contributed by atoms with E-state index in [1.165, 1.54) is 12.1 Å². The fraction of sp³-hybridized carbons (Fsp3) is 0.250. The summed E-state index contributed by atoms with van der Waals surface area (Å²) in [6.07, 6.45) is 2.39. The van der Waals surface area contributed by atoms with Gasteiger partial charge in [0.25, 0.3) is 0 Å². The van der Waals surface area contributed by atoms with Gasteiger partial charge in [0.05, 0.1) is 32.5 Å². The number of nitrogens with zero attached hydrogens (tertiary/aromatic N) is 1. The van der Waals surface area contributed by atoms with Crippen molar-refractivity contribution in [3.8, 4) is 28.7 Å². The average molecular weight is 492 g/mol. The van der Waals surface area contributed by atoms with E-state index in [0.717, 1.165) is 17.5 Å². The van der Waals surface area contributed by atoms with E-state index in [1.807, 2.05) is 6.07 Å². The molecular formula is C28H26FNO6. The third-order valence-electron chi connectivity index (χ3n) is 6.33. The molecule has 0 atom stereocenters. The number of benzene rings is 3. The van der Waals surface area contributed by atoms with Gasteiger partial charge in [-0.05, 0) is 48.4 Å². The Labute approximate surface area is 208 Å². The van der Waals surface area contributed by atoms with Crippen LogP contribution in [0.2, 0.25) is 0 Å². The predicted octanol–water partition coefficient (Wildman–Crippen LogP) is 4.86. The molecule has 0 saturated heterocycles. The molecule has 0 fully saturated rings. The van der Waals surface area contributed by atoms with Crippen molar-refractivity contribution in [2.45, 2.75) is 13.0 Å². The van der Waals surface area contributed by atoms with E-state index in [2.05, 4.69) is 4.90 Å². The topological polar surface area (TPSA) is 66.5 Å². The number of carbonyl (C=O) groups is 1. The molecule has 0 saturated carbocycles. The van der Waals surface area contributed by atoms with Crippen molar-refractivity contribution in [1.29, 1.82) is 0 Å². The van der Waals surface area contributed by atoms with E-state index >= 15 is 0 Å². The van der Waals surface area contributed by atoms with Gasteiger partial charge in [-0.1, -0.05) is 12.1 Å². The van der Waals surface area contributed by atoms with E-state index in [-0.39, 0.29) is 17.4 Å². The maximum Gasteiger partial charge on any atom is 0.231 e. The second-order valence-corrected chi connectivity index (χ2v) is 8.51. The Bertz CT molecular complexity index is 1330. The summed E-state index contributed by atoms with van der Waals surface area (Å²) in [4.78, 5) is 15.3. The molecule has 186 valence electrons. The van der Waals surface area contributed by atoms with Gasteiger partial charge in [-0.15, -0.1) is 0 Å². The summed E-state index contributed by atoms with van der Waals surface area (Å²) in [6, 6.07) is 13.5. The van der Waals surface area contributed by atoms with Crippen LogP contribution in [0.1, 0.15) is 27.0 Å². The number of allylic oxidation sites excluding steroid dienone is 1. The number of ether oxygens (including phenoxy) is 5. The Kier molecular flexibility index (Phi) is 6.52. The highest BCUT2D eigenvalue weighted by Gasteiger charge is 2.34. The molecule has 0 spiro atoms. The van der Waals surface area contributed by atoms with Crippen LogP contribution < -0.4 is 23.7 Å². The lowest BCUT2D eigenvalue weighted by molar-refractivity contribution is 0.0949. The first-order valence-electron chi connectivity index (χ1n) is 11.5. The highest BCUT2D eigenvalue weighted by atomic mass is 19.1. The number of hydrogen-bond acceptors (Lipinski definition) is 7. The van der Waals surface area contributed by atoms with Crippen molar-refractivity contribution < 1.29 is 32.9 Å². The first kappa shape index (κ1) is 23.7. The molecule has 7 nitrogen and oxygen atoms in total. The largest absolute Gasteiger partial charge is 0.496 e. The first-order chi connectivity index (χ1) is 17.5. The second kappa shape index (κ2) is 9.91. The SMILES string of the molecule is COc1cc(OC)c(OC)cc1/C=C1\Oc2c(ccc3c2CN(CCc2ccc(F)cc2)CO3)C1=O. The van der Waals surface area contributed by atoms with E-state index in [9.17, 15) is 9.18 Å². The Hall–Kier alpha value is -4.04. The normalized spacial score (nSPS) is 15.7. The summed E-state index contributed by atoms with van der Waals surface area (Å²) in [5.74, 6) is 2.48. The number of halogens is 1. The third kappa shape index (κ3) is 4.47. The molecule has 8 heteroatoms. The van der Waals surface area contributed by atoms with Crippen molar-refractivity contribution >= 4 is 11.9 Å². The van der Waals surface area contributed by atoms with E-state index in [0.29, 0.717) is 59.7 Å². The van der Waals surface area contributed by atoms with Crippen LogP contribution in [0, 0.1) is 5.82 Å². The zero-order valence-electron chi connectivity index (χ0n) is 20.3. The number of Topliss-reactive ketones (excluding diaryl/α,β-unsaturated/α-hetero) is 1. The van der Waals surface area contributed by atoms with Crippen LogP contribution in [-0.2, 0) is 13.0 Å². The van der Waals surface area contributed by atoms with Gasteiger partial charge in [0, 0.05) is 24.7 Å². The average Bonchev–Trinajstić information content (AvgIpc) is 3.23. The van der Waals surface area contributed by atoms with Crippen molar-refractivity contribution in [1.82, 2.24) is 4.90 Å². The van der Waals surface area contributed by atoms with Crippen LogP contribution in [-0.4, -0.2) is 45.3 Å². The zero-order valence-corrected chi connectivity index (χ0v) is 20.3. The number of hydrogen-bond donors (Lipinski definition) is 0. The van der Waals surface area contributed by atoms with Crippen LogP contribution in [0.5, 0.6) is 28.7 Å². The molecule has 2 aliphatic rings. The monoisotopic (exact) mass is 491 g/mol. The highest BCUT2D eigenvalue weighted by Crippen LogP contribution is 2.43. The smallest absolute Gasteiger partial charge is 0.231 e. The maximum atomic E-state index is 13.2. The van der Waals surface area contributed by atoms with Crippen molar-refractivity contribution in [3.63, 3.8) is 0 Å². The van der Waals surface area contributed by atoms with Gasteiger partial charge >= 0.3 is 0 Å². The van der Waals surface area contributed by atoms with Gasteiger partial charge in [0.2, 0.25) is 5.78 Å². The number of methoxy groups -OCH3 is 3. The molecule has 36 heavy (non-hydrogen) atoms. The minimum Gasteiger partial charge on any atom is -0.496 e. The maximum absolute atomic E-state index is 13.2. The van der Waals surface area contributed by atoms with Crippen molar-refractivity contribution in [2.24, 2.45) is 0 Å². The molecule has 3 aromatic rings. The molecular weight excluding hydrogens is 465 g/mol. The lowest BCUT2D eigenvalue weighted by atomic mass is 10.0.